The maximum atomic E-state index is 12.2. The van der Waals surface area contributed by atoms with E-state index in [1.807, 2.05) is 58.9 Å². The monoisotopic (exact) mass is 549 g/mol. The van der Waals surface area contributed by atoms with Crippen LogP contribution in [0, 0.1) is 13.8 Å². The number of rotatable bonds is 7. The number of aldehydes is 1. The smallest absolute Gasteiger partial charge is 0.410 e. The molecule has 3 heterocycles. The van der Waals surface area contributed by atoms with E-state index in [1.165, 1.54) is 0 Å². The van der Waals surface area contributed by atoms with Gasteiger partial charge in [0.05, 0.1) is 18.8 Å². The lowest BCUT2D eigenvalue weighted by atomic mass is 9.99. The van der Waals surface area contributed by atoms with E-state index in [9.17, 15) is 9.59 Å². The van der Waals surface area contributed by atoms with Gasteiger partial charge in [-0.05, 0) is 64.4 Å². The van der Waals surface area contributed by atoms with Gasteiger partial charge in [-0.3, -0.25) is 9.80 Å². The second-order valence-electron chi connectivity index (χ2n) is 10.4. The van der Waals surface area contributed by atoms with E-state index in [4.69, 9.17) is 26.2 Å². The Labute approximate surface area is 233 Å². The minimum atomic E-state index is -0.547. The lowest BCUT2D eigenvalue weighted by molar-refractivity contribution is -0.0232. The van der Waals surface area contributed by atoms with Crippen molar-refractivity contribution in [1.82, 2.24) is 14.9 Å². The van der Waals surface area contributed by atoms with Crippen LogP contribution < -0.4 is 9.75 Å². The molecule has 204 valence electrons. The van der Waals surface area contributed by atoms with E-state index in [2.05, 4.69) is 9.97 Å². The standard InChI is InChI=1S/C29H32ClN5O4/c1-18-13-24(25(17-36)32-19(18)2)27(20-7-9-21(30)10-8-20)33-34(6)22-11-12-31-26(14-22)38-23-15-35(16-23)28(37)39-29(3,4)5/h7-14,17,23H,15-16H2,1-6H3/b33-27-. The first-order valence-electron chi connectivity index (χ1n) is 12.6. The zero-order valence-electron chi connectivity index (χ0n) is 22.9. The fourth-order valence-corrected chi connectivity index (χ4v) is 4.04. The van der Waals surface area contributed by atoms with Crippen LogP contribution >= 0.6 is 11.6 Å². The van der Waals surface area contributed by atoms with Crippen molar-refractivity contribution in [3.05, 3.63) is 81.8 Å². The highest BCUT2D eigenvalue weighted by Gasteiger charge is 2.35. The number of hydrogen-bond acceptors (Lipinski definition) is 8. The quantitative estimate of drug-likeness (QED) is 0.220. The molecule has 0 aliphatic carbocycles. The number of carbonyl (C=O) groups excluding carboxylic acids is 2. The minimum absolute atomic E-state index is 0.185. The number of aryl methyl sites for hydroxylation is 2. The Kier molecular flexibility index (Phi) is 8.20. The molecule has 0 N–H and O–H groups in total. The van der Waals surface area contributed by atoms with E-state index in [1.54, 1.807) is 41.4 Å². The van der Waals surface area contributed by atoms with Crippen LogP contribution in [0.25, 0.3) is 0 Å². The summed E-state index contributed by atoms with van der Waals surface area (Å²) < 4.78 is 11.4. The largest absolute Gasteiger partial charge is 0.470 e. The minimum Gasteiger partial charge on any atom is -0.470 e. The van der Waals surface area contributed by atoms with Crippen LogP contribution in [0.1, 0.15) is 53.6 Å². The summed E-state index contributed by atoms with van der Waals surface area (Å²) in [6, 6.07) is 12.8. The Balaban J connectivity index is 1.57. The third-order valence-electron chi connectivity index (χ3n) is 6.11. The maximum Gasteiger partial charge on any atom is 0.410 e. The summed E-state index contributed by atoms with van der Waals surface area (Å²) in [7, 11) is 1.80. The predicted molar refractivity (Wildman–Crippen MR) is 151 cm³/mol. The van der Waals surface area contributed by atoms with E-state index < -0.39 is 5.60 Å². The molecule has 1 aliphatic heterocycles. The molecule has 2 aromatic heterocycles. The van der Waals surface area contributed by atoms with Crippen LogP contribution in [0.4, 0.5) is 10.5 Å². The van der Waals surface area contributed by atoms with E-state index in [-0.39, 0.29) is 12.2 Å². The number of halogens is 1. The molecule has 0 bridgehead atoms. The fraction of sp³-hybridized carbons (Fsp3) is 0.345. The zero-order valence-corrected chi connectivity index (χ0v) is 23.7. The first kappa shape index (κ1) is 28.0. The highest BCUT2D eigenvalue weighted by Crippen LogP contribution is 2.25. The molecule has 0 unspecified atom stereocenters. The lowest BCUT2D eigenvalue weighted by Crippen LogP contribution is -2.57. The molecule has 0 spiro atoms. The van der Waals surface area contributed by atoms with Gasteiger partial charge in [-0.1, -0.05) is 23.7 Å². The lowest BCUT2D eigenvalue weighted by Gasteiger charge is -2.39. The summed E-state index contributed by atoms with van der Waals surface area (Å²) in [5, 5.41) is 7.16. The molecule has 39 heavy (non-hydrogen) atoms. The Bertz CT molecular complexity index is 1400. The Morgan fingerprint density at radius 1 is 1.15 bits per heavy atom. The number of amides is 1. The van der Waals surface area contributed by atoms with Crippen molar-refractivity contribution >= 4 is 35.4 Å². The normalized spacial score (nSPS) is 14.0. The molecule has 10 heteroatoms. The van der Waals surface area contributed by atoms with Gasteiger partial charge >= 0.3 is 6.09 Å². The van der Waals surface area contributed by atoms with Gasteiger partial charge in [0.2, 0.25) is 5.88 Å². The molecular formula is C29H32ClN5O4. The summed E-state index contributed by atoms with van der Waals surface area (Å²) in [6.07, 6.45) is 1.83. The topological polar surface area (TPSA) is 97.2 Å². The first-order valence-corrected chi connectivity index (χ1v) is 12.9. The molecule has 1 saturated heterocycles. The number of hydrazone groups is 1. The third kappa shape index (κ3) is 6.92. The average molecular weight is 550 g/mol. The van der Waals surface area contributed by atoms with Gasteiger partial charge in [0.15, 0.2) is 6.29 Å². The van der Waals surface area contributed by atoms with Crippen LogP contribution in [0.2, 0.25) is 5.02 Å². The van der Waals surface area contributed by atoms with Gasteiger partial charge in [0.1, 0.15) is 23.1 Å². The highest BCUT2D eigenvalue weighted by molar-refractivity contribution is 6.30. The number of carbonyl (C=O) groups is 2. The molecule has 1 amide bonds. The van der Waals surface area contributed by atoms with Crippen molar-refractivity contribution in [1.29, 1.82) is 0 Å². The van der Waals surface area contributed by atoms with Crippen molar-refractivity contribution in [3.8, 4) is 5.88 Å². The summed E-state index contributed by atoms with van der Waals surface area (Å²) in [6.45, 7) is 10.2. The van der Waals surface area contributed by atoms with Gasteiger partial charge in [-0.2, -0.15) is 5.10 Å². The Hall–Kier alpha value is -3.98. The number of aromatic nitrogens is 2. The van der Waals surface area contributed by atoms with Gasteiger partial charge < -0.3 is 14.4 Å². The molecular weight excluding hydrogens is 518 g/mol. The van der Waals surface area contributed by atoms with E-state index in [0.717, 1.165) is 28.8 Å². The number of pyridine rings is 2. The van der Waals surface area contributed by atoms with Crippen molar-refractivity contribution in [3.63, 3.8) is 0 Å². The maximum absolute atomic E-state index is 12.2. The zero-order chi connectivity index (χ0) is 28.3. The fourth-order valence-electron chi connectivity index (χ4n) is 3.91. The second kappa shape index (κ2) is 11.4. The van der Waals surface area contributed by atoms with E-state index in [0.29, 0.717) is 41.0 Å². The molecule has 0 atom stereocenters. The predicted octanol–water partition coefficient (Wildman–Crippen LogP) is 5.45. The third-order valence-corrected chi connectivity index (χ3v) is 6.36. The Morgan fingerprint density at radius 3 is 2.49 bits per heavy atom. The van der Waals surface area contributed by atoms with E-state index >= 15 is 0 Å². The van der Waals surface area contributed by atoms with Gasteiger partial charge in [0, 0.05) is 41.2 Å². The van der Waals surface area contributed by atoms with Crippen LogP contribution in [0.3, 0.4) is 0 Å². The highest BCUT2D eigenvalue weighted by atomic mass is 35.5. The number of anilines is 1. The summed E-state index contributed by atoms with van der Waals surface area (Å²) in [5.74, 6) is 0.415. The summed E-state index contributed by atoms with van der Waals surface area (Å²) in [4.78, 5) is 34.5. The van der Waals surface area contributed by atoms with Crippen LogP contribution in [0.15, 0.2) is 53.8 Å². The Morgan fingerprint density at radius 2 is 1.85 bits per heavy atom. The SMILES string of the molecule is Cc1cc(/C(=N\N(C)c2ccnc(OC3CN(C(=O)OC(C)(C)C)C3)c2)c2ccc(Cl)cc2)c(C=O)nc1C. The molecule has 1 aromatic carbocycles. The first-order chi connectivity index (χ1) is 18.4. The van der Waals surface area contributed by atoms with Gasteiger partial charge in [-0.15, -0.1) is 0 Å². The van der Waals surface area contributed by atoms with Crippen molar-refractivity contribution in [2.75, 3.05) is 25.1 Å². The summed E-state index contributed by atoms with van der Waals surface area (Å²) >= 11 is 6.13. The number of nitrogens with zero attached hydrogens (tertiary/aromatic N) is 5. The second-order valence-corrected chi connectivity index (χ2v) is 10.8. The number of hydrogen-bond donors (Lipinski definition) is 0. The summed E-state index contributed by atoms with van der Waals surface area (Å²) in [5.41, 5.74) is 4.17. The van der Waals surface area contributed by atoms with Crippen molar-refractivity contribution in [2.24, 2.45) is 5.10 Å². The number of likely N-dealkylation sites (tertiary alicyclic amines) is 1. The number of ether oxygens (including phenoxy) is 2. The molecule has 4 rings (SSSR count). The van der Waals surface area contributed by atoms with Gasteiger partial charge in [0.25, 0.3) is 0 Å². The van der Waals surface area contributed by atoms with Crippen molar-refractivity contribution < 1.29 is 19.1 Å². The molecule has 9 nitrogen and oxygen atoms in total. The van der Waals surface area contributed by atoms with Crippen LogP contribution in [-0.2, 0) is 4.74 Å². The molecule has 0 saturated carbocycles. The molecule has 0 radical (unpaired) electrons. The molecule has 1 fully saturated rings. The van der Waals surface area contributed by atoms with Crippen LogP contribution in [0.5, 0.6) is 5.88 Å². The van der Waals surface area contributed by atoms with Gasteiger partial charge in [-0.25, -0.2) is 14.8 Å². The number of benzene rings is 1. The van der Waals surface area contributed by atoms with Crippen molar-refractivity contribution in [2.45, 2.75) is 46.3 Å². The molecule has 3 aromatic rings. The van der Waals surface area contributed by atoms with Crippen LogP contribution in [-0.4, -0.2) is 64.8 Å². The molecule has 1 aliphatic rings. The average Bonchev–Trinajstić information content (AvgIpc) is 2.85.